The second-order valence-corrected chi connectivity index (χ2v) is 9.57. The molecule has 1 aromatic heterocycles. The van der Waals surface area contributed by atoms with E-state index < -0.39 is 26.6 Å². The van der Waals surface area contributed by atoms with Crippen molar-refractivity contribution in [2.45, 2.75) is 36.8 Å². The number of rotatable bonds is 4. The van der Waals surface area contributed by atoms with Crippen LogP contribution in [0.15, 0.2) is 5.16 Å². The maximum atomic E-state index is 14.4. The van der Waals surface area contributed by atoms with E-state index in [0.717, 1.165) is 6.26 Å². The van der Waals surface area contributed by atoms with Gasteiger partial charge in [0, 0.05) is 37.8 Å². The van der Waals surface area contributed by atoms with Crippen LogP contribution in [0.3, 0.4) is 0 Å². The van der Waals surface area contributed by atoms with Crippen molar-refractivity contribution in [1.82, 2.24) is 9.97 Å². The molecule has 1 saturated heterocycles. The van der Waals surface area contributed by atoms with Crippen LogP contribution in [0.1, 0.15) is 30.5 Å². The molecule has 2 unspecified atom stereocenters. The zero-order chi connectivity index (χ0) is 19.6. The number of sulfone groups is 1. The first kappa shape index (κ1) is 18.5. The minimum absolute atomic E-state index is 0.238. The second-order valence-electron chi connectivity index (χ2n) is 7.66. The molecule has 1 saturated carbocycles. The van der Waals surface area contributed by atoms with Crippen LogP contribution in [0.5, 0.6) is 0 Å². The Morgan fingerprint density at radius 2 is 1.96 bits per heavy atom. The highest BCUT2D eigenvalue weighted by Gasteiger charge is 2.57. The average Bonchev–Trinajstić information content (AvgIpc) is 3.02. The Morgan fingerprint density at radius 1 is 1.30 bits per heavy atom. The highest BCUT2D eigenvalue weighted by Crippen LogP contribution is 2.55. The fourth-order valence-electron chi connectivity index (χ4n) is 4.42. The number of carbonyl (C=O) groups is 1. The van der Waals surface area contributed by atoms with Crippen LogP contribution in [-0.4, -0.2) is 50.8 Å². The molecule has 0 spiro atoms. The highest BCUT2D eigenvalue weighted by atomic mass is 32.2. The van der Waals surface area contributed by atoms with Gasteiger partial charge in [0.2, 0.25) is 15.0 Å². The van der Waals surface area contributed by atoms with Crippen molar-refractivity contribution in [3.63, 3.8) is 0 Å². The number of piperidine rings is 1. The summed E-state index contributed by atoms with van der Waals surface area (Å²) in [6.45, 7) is 1.15. The molecule has 2 heterocycles. The van der Waals surface area contributed by atoms with Crippen molar-refractivity contribution in [2.24, 2.45) is 17.8 Å². The van der Waals surface area contributed by atoms with Crippen molar-refractivity contribution in [2.75, 3.05) is 31.4 Å². The van der Waals surface area contributed by atoms with Gasteiger partial charge in [0.1, 0.15) is 11.5 Å². The van der Waals surface area contributed by atoms with Crippen molar-refractivity contribution in [3.8, 4) is 0 Å². The van der Waals surface area contributed by atoms with Gasteiger partial charge in [-0.2, -0.15) is 8.78 Å². The maximum Gasteiger partial charge on any atom is 0.305 e. The summed E-state index contributed by atoms with van der Waals surface area (Å²) in [6.07, 6.45) is 1.65. The zero-order valence-corrected chi connectivity index (χ0v) is 15.9. The first-order valence-corrected chi connectivity index (χ1v) is 10.8. The Balaban J connectivity index is 1.65. The molecule has 0 radical (unpaired) electrons. The van der Waals surface area contributed by atoms with Gasteiger partial charge >= 0.3 is 5.97 Å². The Kier molecular flexibility index (Phi) is 4.17. The average molecular weight is 401 g/mol. The largest absolute Gasteiger partial charge is 0.469 e. The summed E-state index contributed by atoms with van der Waals surface area (Å²) in [7, 11) is -2.46. The number of alkyl halides is 2. The van der Waals surface area contributed by atoms with E-state index in [1.54, 1.807) is 0 Å². The summed E-state index contributed by atoms with van der Waals surface area (Å²) < 4.78 is 57.4. The van der Waals surface area contributed by atoms with Crippen LogP contribution >= 0.6 is 0 Å². The van der Waals surface area contributed by atoms with Crippen LogP contribution in [0, 0.1) is 17.8 Å². The third-order valence-electron chi connectivity index (χ3n) is 5.86. The molecule has 4 rings (SSSR count). The SMILES string of the molecule is COC(=O)CC1C2CN(c3nc(S(C)(=O)=O)nc4c3CCCC4(F)F)CC12. The van der Waals surface area contributed by atoms with Gasteiger partial charge < -0.3 is 9.64 Å². The Morgan fingerprint density at radius 3 is 2.56 bits per heavy atom. The van der Waals surface area contributed by atoms with Gasteiger partial charge in [-0.3, -0.25) is 4.79 Å². The summed E-state index contributed by atoms with van der Waals surface area (Å²) in [4.78, 5) is 21.2. The molecule has 3 aliphatic rings. The van der Waals surface area contributed by atoms with Crippen molar-refractivity contribution < 1.29 is 26.7 Å². The van der Waals surface area contributed by atoms with Gasteiger partial charge in [-0.1, -0.05) is 0 Å². The molecule has 1 aliphatic heterocycles. The lowest BCUT2D eigenvalue weighted by atomic mass is 9.93. The summed E-state index contributed by atoms with van der Waals surface area (Å²) in [5.74, 6) is -2.30. The summed E-state index contributed by atoms with van der Waals surface area (Å²) in [5, 5.41) is -0.551. The van der Waals surface area contributed by atoms with Crippen LogP contribution < -0.4 is 4.90 Å². The predicted octanol–water partition coefficient (Wildman–Crippen LogP) is 1.55. The lowest BCUT2D eigenvalue weighted by Gasteiger charge is -2.30. The second kappa shape index (κ2) is 6.08. The normalized spacial score (nSPS) is 28.4. The number of esters is 1. The van der Waals surface area contributed by atoms with Crippen LogP contribution in [0.4, 0.5) is 14.6 Å². The molecule has 0 N–H and O–H groups in total. The third kappa shape index (κ3) is 3.17. The molecule has 27 heavy (non-hydrogen) atoms. The van der Waals surface area contributed by atoms with Gasteiger partial charge in [-0.15, -0.1) is 0 Å². The van der Waals surface area contributed by atoms with Crippen molar-refractivity contribution in [1.29, 1.82) is 0 Å². The maximum absolute atomic E-state index is 14.4. The number of methoxy groups -OCH3 is 1. The van der Waals surface area contributed by atoms with Gasteiger partial charge in [-0.25, -0.2) is 18.4 Å². The monoisotopic (exact) mass is 401 g/mol. The summed E-state index contributed by atoms with van der Waals surface area (Å²) in [6, 6.07) is 0. The smallest absolute Gasteiger partial charge is 0.305 e. The van der Waals surface area contributed by atoms with Crippen molar-refractivity contribution in [3.05, 3.63) is 11.3 Å². The fourth-order valence-corrected chi connectivity index (χ4v) is 4.93. The Hall–Kier alpha value is -1.84. The number of halogens is 2. The quantitative estimate of drug-likeness (QED) is 0.559. The summed E-state index contributed by atoms with van der Waals surface area (Å²) >= 11 is 0. The van der Waals surface area contributed by atoms with Gasteiger partial charge in [0.15, 0.2) is 0 Å². The van der Waals surface area contributed by atoms with E-state index >= 15 is 0 Å². The molecule has 1 aromatic rings. The molecule has 0 aromatic carbocycles. The number of carbonyl (C=O) groups excluding carboxylic acids is 1. The molecule has 2 atom stereocenters. The van der Waals surface area contributed by atoms with Gasteiger partial charge in [-0.05, 0) is 30.6 Å². The molecule has 10 heteroatoms. The molecule has 7 nitrogen and oxygen atoms in total. The highest BCUT2D eigenvalue weighted by molar-refractivity contribution is 7.90. The van der Waals surface area contributed by atoms with Gasteiger partial charge in [0.05, 0.1) is 7.11 Å². The van der Waals surface area contributed by atoms with E-state index in [4.69, 9.17) is 4.74 Å². The third-order valence-corrected chi connectivity index (χ3v) is 6.71. The minimum Gasteiger partial charge on any atom is -0.469 e. The summed E-state index contributed by atoms with van der Waals surface area (Å²) in [5.41, 5.74) is -0.102. The minimum atomic E-state index is -3.81. The van der Waals surface area contributed by atoms with Crippen LogP contribution in [0.25, 0.3) is 0 Å². The van der Waals surface area contributed by atoms with E-state index in [-0.39, 0.29) is 30.1 Å². The van der Waals surface area contributed by atoms with Crippen molar-refractivity contribution >= 4 is 21.6 Å². The first-order valence-electron chi connectivity index (χ1n) is 8.93. The van der Waals surface area contributed by atoms with E-state index in [0.29, 0.717) is 43.7 Å². The molecule has 148 valence electrons. The van der Waals surface area contributed by atoms with E-state index in [2.05, 4.69) is 9.97 Å². The number of ether oxygens (including phenoxy) is 1. The molecular weight excluding hydrogens is 380 g/mol. The number of anilines is 1. The molecule has 0 amide bonds. The molecule has 0 bridgehead atoms. The number of nitrogens with zero attached hydrogens (tertiary/aromatic N) is 3. The van der Waals surface area contributed by atoms with Crippen LogP contribution in [-0.2, 0) is 31.7 Å². The van der Waals surface area contributed by atoms with E-state index in [1.165, 1.54) is 7.11 Å². The van der Waals surface area contributed by atoms with E-state index in [9.17, 15) is 22.0 Å². The topological polar surface area (TPSA) is 89.5 Å². The number of hydrogen-bond acceptors (Lipinski definition) is 7. The lowest BCUT2D eigenvalue weighted by Crippen LogP contribution is -2.32. The van der Waals surface area contributed by atoms with Gasteiger partial charge in [0.25, 0.3) is 5.92 Å². The Bertz CT molecular complexity index is 894. The number of aromatic nitrogens is 2. The number of hydrogen-bond donors (Lipinski definition) is 0. The Labute approximate surface area is 156 Å². The lowest BCUT2D eigenvalue weighted by molar-refractivity contribution is -0.141. The fraction of sp³-hybridized carbons (Fsp3) is 0.706. The number of fused-ring (bicyclic) bond motifs is 2. The standard InChI is InChI=1S/C17H21F2N3O4S/c1-26-13(23)6-10-11-7-22(8-12(10)11)15-9-4-3-5-17(18,19)14(9)20-16(21-15)27(2,24)25/h10-12H,3-8H2,1-2H3. The predicted molar refractivity (Wildman–Crippen MR) is 91.3 cm³/mol. The van der Waals surface area contributed by atoms with Crippen LogP contribution in [0.2, 0.25) is 0 Å². The zero-order valence-electron chi connectivity index (χ0n) is 15.1. The van der Waals surface area contributed by atoms with E-state index in [1.807, 2.05) is 4.90 Å². The molecular formula is C17H21F2N3O4S. The molecule has 2 fully saturated rings. The molecule has 2 aliphatic carbocycles. The first-order chi connectivity index (χ1) is 12.6.